The Morgan fingerprint density at radius 2 is 1.90 bits per heavy atom. The van der Waals surface area contributed by atoms with Crippen LogP contribution in [-0.2, 0) is 4.79 Å². The molecule has 1 aromatic carbocycles. The molecule has 110 valence electrons. The van der Waals surface area contributed by atoms with Gasteiger partial charge in [0.25, 0.3) is 5.91 Å². The fraction of sp³-hybridized carbons (Fsp3) is 0.429. The fourth-order valence-corrected chi connectivity index (χ4v) is 1.90. The summed E-state index contributed by atoms with van der Waals surface area (Å²) in [6, 6.07) is 4.31. The van der Waals surface area contributed by atoms with Gasteiger partial charge in [0.15, 0.2) is 0 Å². The number of hydrogen-bond donors (Lipinski definition) is 3. The average molecular weight is 282 g/mol. The molecule has 0 spiro atoms. The van der Waals surface area contributed by atoms with Crippen molar-refractivity contribution in [1.82, 2.24) is 0 Å². The summed E-state index contributed by atoms with van der Waals surface area (Å²) >= 11 is 0. The number of halogens is 1. The molecule has 0 fully saturated rings. The van der Waals surface area contributed by atoms with E-state index in [2.05, 4.69) is 5.32 Å². The first-order valence-electron chi connectivity index (χ1n) is 6.56. The molecule has 0 saturated carbocycles. The van der Waals surface area contributed by atoms with Crippen LogP contribution in [0.25, 0.3) is 0 Å². The first-order valence-corrected chi connectivity index (χ1v) is 6.56. The van der Waals surface area contributed by atoms with E-state index in [1.807, 2.05) is 0 Å². The predicted molar refractivity (Wildman–Crippen MR) is 74.1 cm³/mol. The van der Waals surface area contributed by atoms with E-state index in [0.29, 0.717) is 18.7 Å². The standard InChI is InChI=1S/C14H19FN2O3/c15-10-6-5-7-11(13(10)14(16)20)17-9-4-2-1-3-8-12(18)19/h5-7,17H,1-4,8-9H2,(H2,16,20)(H,18,19). The van der Waals surface area contributed by atoms with Crippen molar-refractivity contribution in [3.05, 3.63) is 29.6 Å². The van der Waals surface area contributed by atoms with Crippen LogP contribution in [-0.4, -0.2) is 23.5 Å². The van der Waals surface area contributed by atoms with Gasteiger partial charge in [0.2, 0.25) is 0 Å². The van der Waals surface area contributed by atoms with Crippen molar-refractivity contribution < 1.29 is 19.1 Å². The van der Waals surface area contributed by atoms with Crippen LogP contribution >= 0.6 is 0 Å². The maximum Gasteiger partial charge on any atom is 0.303 e. The number of anilines is 1. The Kier molecular flexibility index (Phi) is 6.49. The largest absolute Gasteiger partial charge is 0.481 e. The van der Waals surface area contributed by atoms with E-state index in [4.69, 9.17) is 10.8 Å². The monoisotopic (exact) mass is 282 g/mol. The summed E-state index contributed by atoms with van der Waals surface area (Å²) in [6.45, 7) is 0.580. The lowest BCUT2D eigenvalue weighted by molar-refractivity contribution is -0.137. The van der Waals surface area contributed by atoms with E-state index in [9.17, 15) is 14.0 Å². The van der Waals surface area contributed by atoms with Crippen molar-refractivity contribution in [3.63, 3.8) is 0 Å². The second kappa shape index (κ2) is 8.14. The topological polar surface area (TPSA) is 92.4 Å². The number of unbranched alkanes of at least 4 members (excludes halogenated alkanes) is 3. The third kappa shape index (κ3) is 5.26. The minimum atomic E-state index is -0.799. The zero-order valence-corrected chi connectivity index (χ0v) is 11.2. The van der Waals surface area contributed by atoms with E-state index in [1.165, 1.54) is 12.1 Å². The molecule has 0 saturated heterocycles. The van der Waals surface area contributed by atoms with Gasteiger partial charge in [-0.1, -0.05) is 18.9 Å². The van der Waals surface area contributed by atoms with Gasteiger partial charge < -0.3 is 16.2 Å². The summed E-state index contributed by atoms with van der Waals surface area (Å²) in [6.07, 6.45) is 3.36. The Morgan fingerprint density at radius 3 is 2.55 bits per heavy atom. The molecule has 6 heteroatoms. The van der Waals surface area contributed by atoms with E-state index in [1.54, 1.807) is 6.07 Å². The molecule has 0 atom stereocenters. The smallest absolute Gasteiger partial charge is 0.303 e. The number of aliphatic carboxylic acids is 1. The number of carbonyl (C=O) groups excluding carboxylic acids is 1. The van der Waals surface area contributed by atoms with Crippen LogP contribution in [0, 0.1) is 5.82 Å². The Labute approximate surface area is 117 Å². The molecule has 0 heterocycles. The Bertz CT molecular complexity index is 477. The van der Waals surface area contributed by atoms with Crippen molar-refractivity contribution in [1.29, 1.82) is 0 Å². The van der Waals surface area contributed by atoms with Gasteiger partial charge in [-0.15, -0.1) is 0 Å². The number of nitrogens with one attached hydrogen (secondary N) is 1. The third-order valence-electron chi connectivity index (χ3n) is 2.89. The number of rotatable bonds is 9. The fourth-order valence-electron chi connectivity index (χ4n) is 1.90. The normalized spacial score (nSPS) is 10.2. The highest BCUT2D eigenvalue weighted by atomic mass is 19.1. The predicted octanol–water partition coefficient (Wildman–Crippen LogP) is 2.37. The molecular formula is C14H19FN2O3. The zero-order valence-electron chi connectivity index (χ0n) is 11.2. The maximum atomic E-state index is 13.5. The van der Waals surface area contributed by atoms with Gasteiger partial charge in [0, 0.05) is 18.7 Å². The van der Waals surface area contributed by atoms with Crippen LogP contribution in [0.4, 0.5) is 10.1 Å². The van der Waals surface area contributed by atoms with Gasteiger partial charge >= 0.3 is 5.97 Å². The molecule has 0 aliphatic heterocycles. The van der Waals surface area contributed by atoms with Crippen LogP contribution in [0.2, 0.25) is 0 Å². The average Bonchev–Trinajstić information content (AvgIpc) is 2.36. The lowest BCUT2D eigenvalue weighted by Gasteiger charge is -2.10. The highest BCUT2D eigenvalue weighted by Crippen LogP contribution is 2.18. The molecule has 1 amide bonds. The minimum absolute atomic E-state index is 0.127. The Balaban J connectivity index is 2.34. The maximum absolute atomic E-state index is 13.5. The molecule has 4 N–H and O–H groups in total. The number of primary amides is 1. The molecular weight excluding hydrogens is 263 g/mol. The molecule has 1 rings (SSSR count). The number of nitrogens with two attached hydrogens (primary N) is 1. The first kappa shape index (κ1) is 15.9. The van der Waals surface area contributed by atoms with Crippen molar-refractivity contribution in [2.24, 2.45) is 5.73 Å². The molecule has 0 bridgehead atoms. The molecule has 0 aliphatic rings. The number of hydrogen-bond acceptors (Lipinski definition) is 3. The molecule has 0 radical (unpaired) electrons. The Morgan fingerprint density at radius 1 is 1.20 bits per heavy atom. The summed E-state index contributed by atoms with van der Waals surface area (Å²) in [5, 5.41) is 11.5. The highest BCUT2D eigenvalue weighted by molar-refractivity contribution is 5.98. The van der Waals surface area contributed by atoms with E-state index >= 15 is 0 Å². The summed E-state index contributed by atoms with van der Waals surface area (Å²) in [7, 11) is 0. The zero-order chi connectivity index (χ0) is 15.0. The molecule has 1 aromatic rings. The van der Waals surface area contributed by atoms with Crippen LogP contribution in [0.5, 0.6) is 0 Å². The number of carboxylic acids is 1. The minimum Gasteiger partial charge on any atom is -0.481 e. The van der Waals surface area contributed by atoms with Crippen LogP contribution in [0.3, 0.4) is 0 Å². The lowest BCUT2D eigenvalue weighted by Crippen LogP contribution is -2.17. The number of amides is 1. The van der Waals surface area contributed by atoms with Crippen molar-refractivity contribution in [2.75, 3.05) is 11.9 Å². The van der Waals surface area contributed by atoms with Gasteiger partial charge in [0.1, 0.15) is 5.82 Å². The SMILES string of the molecule is NC(=O)c1c(F)cccc1NCCCCCCC(=O)O. The van der Waals surface area contributed by atoms with Gasteiger partial charge in [0.05, 0.1) is 5.56 Å². The van der Waals surface area contributed by atoms with Gasteiger partial charge in [-0.05, 0) is 25.0 Å². The Hall–Kier alpha value is -2.11. The molecule has 5 nitrogen and oxygen atoms in total. The van der Waals surface area contributed by atoms with Crippen molar-refractivity contribution in [2.45, 2.75) is 32.1 Å². The third-order valence-corrected chi connectivity index (χ3v) is 2.89. The summed E-state index contributed by atoms with van der Waals surface area (Å²) in [4.78, 5) is 21.5. The van der Waals surface area contributed by atoms with Gasteiger partial charge in [-0.3, -0.25) is 9.59 Å². The molecule has 0 aromatic heterocycles. The van der Waals surface area contributed by atoms with E-state index in [0.717, 1.165) is 19.3 Å². The molecule has 0 aliphatic carbocycles. The summed E-state index contributed by atoms with van der Waals surface area (Å²) in [5.74, 6) is -2.22. The lowest BCUT2D eigenvalue weighted by atomic mass is 10.1. The highest BCUT2D eigenvalue weighted by Gasteiger charge is 2.12. The van der Waals surface area contributed by atoms with Crippen molar-refractivity contribution >= 4 is 17.6 Å². The summed E-state index contributed by atoms with van der Waals surface area (Å²) < 4.78 is 13.5. The number of carbonyl (C=O) groups is 2. The number of benzene rings is 1. The van der Waals surface area contributed by atoms with Gasteiger partial charge in [-0.25, -0.2) is 4.39 Å². The summed E-state index contributed by atoms with van der Waals surface area (Å²) in [5.41, 5.74) is 5.40. The van der Waals surface area contributed by atoms with Crippen LogP contribution < -0.4 is 11.1 Å². The van der Waals surface area contributed by atoms with E-state index in [-0.39, 0.29) is 12.0 Å². The first-order chi connectivity index (χ1) is 9.52. The molecule has 0 unspecified atom stereocenters. The second-order valence-electron chi connectivity index (χ2n) is 4.51. The molecule has 20 heavy (non-hydrogen) atoms. The van der Waals surface area contributed by atoms with Gasteiger partial charge in [-0.2, -0.15) is 0 Å². The van der Waals surface area contributed by atoms with Crippen LogP contribution in [0.15, 0.2) is 18.2 Å². The quantitative estimate of drug-likeness (QED) is 0.606. The van der Waals surface area contributed by atoms with Crippen LogP contribution in [0.1, 0.15) is 42.5 Å². The van der Waals surface area contributed by atoms with Crippen molar-refractivity contribution in [3.8, 4) is 0 Å². The second-order valence-corrected chi connectivity index (χ2v) is 4.51. The van der Waals surface area contributed by atoms with E-state index < -0.39 is 17.7 Å². The number of carboxylic acid groups (broad SMARTS) is 1.